The fraction of sp³-hybridized carbons (Fsp3) is 0.0526. The zero-order valence-corrected chi connectivity index (χ0v) is 15.4. The standard InChI is InChI=1S/C19H12ClN3S.ClH/c20-13-5-3-7-15-12(13)11-21-18(16-8-4-10-23(15)16)19-22-14-6-1-2-9-17(14)24-19;/h1-10H,11H2;1H. The van der Waals surface area contributed by atoms with E-state index in [1.54, 1.807) is 11.3 Å². The van der Waals surface area contributed by atoms with Gasteiger partial charge in [0.2, 0.25) is 0 Å². The largest absolute Gasteiger partial charge is 0.315 e. The molecule has 0 bridgehead atoms. The number of hydrogen-bond acceptors (Lipinski definition) is 3. The molecule has 0 N–H and O–H groups in total. The Bertz CT molecular complexity index is 1080. The summed E-state index contributed by atoms with van der Waals surface area (Å²) in [6, 6.07) is 18.3. The molecule has 0 saturated carbocycles. The Kier molecular flexibility index (Phi) is 4.12. The van der Waals surface area contributed by atoms with E-state index in [9.17, 15) is 0 Å². The van der Waals surface area contributed by atoms with Gasteiger partial charge in [0.1, 0.15) is 10.7 Å². The van der Waals surface area contributed by atoms with Gasteiger partial charge >= 0.3 is 0 Å². The number of rotatable bonds is 1. The van der Waals surface area contributed by atoms with Gasteiger partial charge in [0.15, 0.2) is 0 Å². The predicted octanol–water partition coefficient (Wildman–Crippen LogP) is 5.51. The Morgan fingerprint density at radius 3 is 2.76 bits per heavy atom. The Morgan fingerprint density at radius 2 is 1.88 bits per heavy atom. The van der Waals surface area contributed by atoms with Crippen LogP contribution in [0.4, 0.5) is 0 Å². The van der Waals surface area contributed by atoms with Crippen molar-refractivity contribution >= 4 is 51.3 Å². The molecule has 0 saturated heterocycles. The van der Waals surface area contributed by atoms with Crippen LogP contribution in [-0.4, -0.2) is 15.3 Å². The first kappa shape index (κ1) is 16.3. The van der Waals surface area contributed by atoms with Crippen LogP contribution < -0.4 is 0 Å². The number of para-hydroxylation sites is 1. The van der Waals surface area contributed by atoms with Gasteiger partial charge in [0.25, 0.3) is 0 Å². The molecule has 3 nitrogen and oxygen atoms in total. The second-order valence-electron chi connectivity index (χ2n) is 5.65. The molecule has 0 aliphatic carbocycles. The topological polar surface area (TPSA) is 30.2 Å². The van der Waals surface area contributed by atoms with Crippen molar-refractivity contribution in [3.63, 3.8) is 0 Å². The van der Waals surface area contributed by atoms with Crippen LogP contribution in [0.2, 0.25) is 5.02 Å². The maximum absolute atomic E-state index is 6.41. The summed E-state index contributed by atoms with van der Waals surface area (Å²) < 4.78 is 3.33. The average molecular weight is 386 g/mol. The Balaban J connectivity index is 0.00000157. The summed E-state index contributed by atoms with van der Waals surface area (Å²) in [7, 11) is 0. The lowest BCUT2D eigenvalue weighted by atomic mass is 10.2. The summed E-state index contributed by atoms with van der Waals surface area (Å²) in [5.41, 5.74) is 5.12. The molecule has 124 valence electrons. The van der Waals surface area contributed by atoms with E-state index in [1.165, 1.54) is 4.70 Å². The van der Waals surface area contributed by atoms with Crippen molar-refractivity contribution in [1.82, 2.24) is 9.55 Å². The Hall–Kier alpha value is -2.14. The normalized spacial score (nSPS) is 12.8. The molecule has 4 aromatic rings. The van der Waals surface area contributed by atoms with Crippen LogP contribution in [0.15, 0.2) is 65.8 Å². The van der Waals surface area contributed by atoms with Gasteiger partial charge in [-0.3, -0.25) is 4.99 Å². The molecule has 0 atom stereocenters. The van der Waals surface area contributed by atoms with Gasteiger partial charge in [-0.25, -0.2) is 4.98 Å². The van der Waals surface area contributed by atoms with E-state index in [-0.39, 0.29) is 12.4 Å². The lowest BCUT2D eigenvalue weighted by molar-refractivity contribution is 1.02. The highest BCUT2D eigenvalue weighted by Crippen LogP contribution is 2.31. The summed E-state index contributed by atoms with van der Waals surface area (Å²) in [6.07, 6.45) is 2.05. The van der Waals surface area contributed by atoms with Crippen LogP contribution >= 0.6 is 35.3 Å². The number of benzene rings is 2. The lowest BCUT2D eigenvalue weighted by Gasteiger charge is -2.10. The lowest BCUT2D eigenvalue weighted by Crippen LogP contribution is -2.07. The predicted molar refractivity (Wildman–Crippen MR) is 107 cm³/mol. The third-order valence-corrected chi connectivity index (χ3v) is 5.63. The van der Waals surface area contributed by atoms with Gasteiger partial charge in [-0.05, 0) is 36.4 Å². The number of aromatic nitrogens is 2. The van der Waals surface area contributed by atoms with Crippen molar-refractivity contribution in [1.29, 1.82) is 0 Å². The molecule has 0 fully saturated rings. The highest BCUT2D eigenvalue weighted by molar-refractivity contribution is 7.20. The van der Waals surface area contributed by atoms with Gasteiger partial charge in [0.05, 0.1) is 28.1 Å². The van der Waals surface area contributed by atoms with E-state index in [2.05, 4.69) is 29.0 Å². The van der Waals surface area contributed by atoms with Crippen molar-refractivity contribution in [3.05, 3.63) is 82.1 Å². The van der Waals surface area contributed by atoms with E-state index in [0.717, 1.165) is 38.2 Å². The first-order valence-corrected chi connectivity index (χ1v) is 8.86. The molecule has 25 heavy (non-hydrogen) atoms. The fourth-order valence-electron chi connectivity index (χ4n) is 3.10. The number of thiazole rings is 1. The summed E-state index contributed by atoms with van der Waals surface area (Å²) >= 11 is 8.09. The third kappa shape index (κ3) is 2.58. The molecule has 0 radical (unpaired) electrons. The Labute approximate surface area is 160 Å². The van der Waals surface area contributed by atoms with Crippen LogP contribution in [0.25, 0.3) is 15.9 Å². The van der Waals surface area contributed by atoms with Gasteiger partial charge in [0, 0.05) is 16.8 Å². The molecule has 3 heterocycles. The molecule has 1 aliphatic rings. The maximum Gasteiger partial charge on any atom is 0.144 e. The zero-order valence-electron chi connectivity index (χ0n) is 13.0. The molecule has 6 heteroatoms. The summed E-state index contributed by atoms with van der Waals surface area (Å²) in [5.74, 6) is 0. The molecule has 1 aliphatic heterocycles. The molecule has 0 amide bonds. The monoisotopic (exact) mass is 385 g/mol. The number of nitrogens with zero attached hydrogens (tertiary/aromatic N) is 3. The molecule has 2 aromatic heterocycles. The zero-order chi connectivity index (χ0) is 16.1. The minimum Gasteiger partial charge on any atom is -0.315 e. The average Bonchev–Trinajstić information content (AvgIpc) is 3.20. The fourth-order valence-corrected chi connectivity index (χ4v) is 4.32. The molecular formula is C19H13Cl2N3S. The van der Waals surface area contributed by atoms with E-state index in [0.29, 0.717) is 6.54 Å². The summed E-state index contributed by atoms with van der Waals surface area (Å²) in [6.45, 7) is 0.557. The van der Waals surface area contributed by atoms with E-state index in [4.69, 9.17) is 21.6 Å². The van der Waals surface area contributed by atoms with Gasteiger partial charge in [-0.1, -0.05) is 29.8 Å². The number of halogens is 2. The van der Waals surface area contributed by atoms with Crippen molar-refractivity contribution in [2.24, 2.45) is 4.99 Å². The maximum atomic E-state index is 6.41. The molecule has 5 rings (SSSR count). The van der Waals surface area contributed by atoms with Gasteiger partial charge in [-0.2, -0.15) is 0 Å². The molecule has 2 aromatic carbocycles. The van der Waals surface area contributed by atoms with Crippen molar-refractivity contribution in [3.8, 4) is 5.69 Å². The van der Waals surface area contributed by atoms with Crippen LogP contribution in [-0.2, 0) is 6.54 Å². The van der Waals surface area contributed by atoms with Crippen molar-refractivity contribution < 1.29 is 0 Å². The number of fused-ring (bicyclic) bond motifs is 4. The second-order valence-corrected chi connectivity index (χ2v) is 7.09. The third-order valence-electron chi connectivity index (χ3n) is 4.24. The smallest absolute Gasteiger partial charge is 0.144 e. The second kappa shape index (κ2) is 6.30. The van der Waals surface area contributed by atoms with Crippen LogP contribution in [0.1, 0.15) is 16.3 Å². The van der Waals surface area contributed by atoms with Crippen LogP contribution in [0.5, 0.6) is 0 Å². The van der Waals surface area contributed by atoms with E-state index in [1.807, 2.05) is 36.4 Å². The van der Waals surface area contributed by atoms with Crippen LogP contribution in [0.3, 0.4) is 0 Å². The SMILES string of the molecule is Cl.Clc1cccc2c1CN=C(c1nc3ccccc3s1)c1cccn1-2. The molecular weight excluding hydrogens is 373 g/mol. The summed E-state index contributed by atoms with van der Waals surface area (Å²) in [5, 5.41) is 1.70. The minimum atomic E-state index is 0. The van der Waals surface area contributed by atoms with Crippen molar-refractivity contribution in [2.75, 3.05) is 0 Å². The quantitative estimate of drug-likeness (QED) is 0.424. The first-order valence-electron chi connectivity index (χ1n) is 7.67. The Morgan fingerprint density at radius 1 is 1.00 bits per heavy atom. The van der Waals surface area contributed by atoms with Crippen molar-refractivity contribution in [2.45, 2.75) is 6.54 Å². The van der Waals surface area contributed by atoms with Gasteiger partial charge in [-0.15, -0.1) is 23.7 Å². The van der Waals surface area contributed by atoms with Crippen LogP contribution in [0, 0.1) is 0 Å². The molecule has 0 spiro atoms. The number of hydrogen-bond donors (Lipinski definition) is 0. The van der Waals surface area contributed by atoms with Gasteiger partial charge < -0.3 is 4.57 Å². The molecule has 0 unspecified atom stereocenters. The highest BCUT2D eigenvalue weighted by atomic mass is 35.5. The van der Waals surface area contributed by atoms with E-state index < -0.39 is 0 Å². The highest BCUT2D eigenvalue weighted by Gasteiger charge is 2.21. The summed E-state index contributed by atoms with van der Waals surface area (Å²) in [4.78, 5) is 9.65. The first-order chi connectivity index (χ1) is 11.8. The minimum absolute atomic E-state index is 0. The number of aliphatic imine (C=N–C) groups is 1. The van der Waals surface area contributed by atoms with E-state index >= 15 is 0 Å².